The van der Waals surface area contributed by atoms with Crippen LogP contribution < -0.4 is 0 Å². The molecule has 0 saturated carbocycles. The lowest BCUT2D eigenvalue weighted by Crippen LogP contribution is -2.08. The van der Waals surface area contributed by atoms with Crippen LogP contribution >= 0.6 is 0 Å². The molecule has 0 atom stereocenters. The molecule has 0 spiro atoms. The summed E-state index contributed by atoms with van der Waals surface area (Å²) in [4.78, 5) is 5.30. The standard InChI is InChI=1S/C39H37N3/c1-24(2)30-15-12-16-31(25(3)4)38(30)42-36-18-11-10-17-34(36)40-39(42)28-19-20-35-33(23-28)32-21-26(5)27(6)22-37(32)41(35)29-13-8-7-9-14-29/h7-25H,1-6H3. The summed E-state index contributed by atoms with van der Waals surface area (Å²) in [5.74, 6) is 1.74. The minimum atomic E-state index is 0.380. The van der Waals surface area contributed by atoms with E-state index >= 15 is 0 Å². The Labute approximate surface area is 248 Å². The lowest BCUT2D eigenvalue weighted by molar-refractivity contribution is 0.811. The van der Waals surface area contributed by atoms with Gasteiger partial charge in [-0.15, -0.1) is 0 Å². The molecule has 0 aliphatic heterocycles. The molecule has 7 rings (SSSR count). The second-order valence-corrected chi connectivity index (χ2v) is 12.2. The van der Waals surface area contributed by atoms with Crippen LogP contribution in [0.4, 0.5) is 0 Å². The average molecular weight is 548 g/mol. The number of imidazole rings is 1. The molecule has 0 fully saturated rings. The molecule has 0 radical (unpaired) electrons. The maximum atomic E-state index is 5.30. The van der Waals surface area contributed by atoms with Crippen LogP contribution in [0.15, 0.2) is 103 Å². The van der Waals surface area contributed by atoms with E-state index in [0.29, 0.717) is 11.8 Å². The molecule has 7 aromatic rings. The second-order valence-electron chi connectivity index (χ2n) is 12.2. The molecule has 2 heterocycles. The smallest absolute Gasteiger partial charge is 0.145 e. The zero-order valence-electron chi connectivity index (χ0n) is 25.3. The normalized spacial score (nSPS) is 12.0. The fourth-order valence-corrected chi connectivity index (χ4v) is 6.49. The monoisotopic (exact) mass is 547 g/mol. The minimum absolute atomic E-state index is 0.380. The maximum Gasteiger partial charge on any atom is 0.145 e. The van der Waals surface area contributed by atoms with E-state index in [4.69, 9.17) is 4.98 Å². The molecule has 0 bridgehead atoms. The summed E-state index contributed by atoms with van der Waals surface area (Å²) in [6.45, 7) is 13.6. The first-order chi connectivity index (χ1) is 20.3. The van der Waals surface area contributed by atoms with E-state index in [1.807, 2.05) is 0 Å². The topological polar surface area (TPSA) is 22.8 Å². The van der Waals surface area contributed by atoms with Gasteiger partial charge in [0.05, 0.1) is 27.8 Å². The number of hydrogen-bond donors (Lipinski definition) is 0. The Morgan fingerprint density at radius 2 is 1.19 bits per heavy atom. The third kappa shape index (κ3) is 4.07. The Hall–Kier alpha value is -4.63. The molecule has 3 heteroatoms. The molecule has 2 aromatic heterocycles. The van der Waals surface area contributed by atoms with Gasteiger partial charge in [-0.2, -0.15) is 0 Å². The third-order valence-electron chi connectivity index (χ3n) is 8.78. The van der Waals surface area contributed by atoms with Crippen molar-refractivity contribution in [2.75, 3.05) is 0 Å². The highest BCUT2D eigenvalue weighted by Gasteiger charge is 2.23. The Kier molecular flexibility index (Phi) is 6.27. The molecule has 208 valence electrons. The number of fused-ring (bicyclic) bond motifs is 4. The van der Waals surface area contributed by atoms with Crippen LogP contribution in [0, 0.1) is 13.8 Å². The van der Waals surface area contributed by atoms with Crippen LogP contribution in [0.1, 0.15) is 61.8 Å². The van der Waals surface area contributed by atoms with Gasteiger partial charge in [-0.05, 0) is 103 Å². The SMILES string of the molecule is Cc1cc2c3cc(-c4nc5ccccc5n4-c4c(C(C)C)cccc4C(C)C)ccc3n(-c3ccccc3)c2cc1C. The van der Waals surface area contributed by atoms with Gasteiger partial charge in [0.2, 0.25) is 0 Å². The molecular formula is C39H37N3. The number of nitrogens with zero attached hydrogens (tertiary/aromatic N) is 3. The van der Waals surface area contributed by atoms with Crippen LogP contribution in [0.3, 0.4) is 0 Å². The fraction of sp³-hybridized carbons (Fsp3) is 0.205. The van der Waals surface area contributed by atoms with E-state index in [-0.39, 0.29) is 0 Å². The van der Waals surface area contributed by atoms with Gasteiger partial charge in [-0.1, -0.05) is 76.2 Å². The molecule has 5 aromatic carbocycles. The van der Waals surface area contributed by atoms with E-state index in [1.54, 1.807) is 0 Å². The Balaban J connectivity index is 1.57. The largest absolute Gasteiger partial charge is 0.309 e. The highest BCUT2D eigenvalue weighted by atomic mass is 15.1. The van der Waals surface area contributed by atoms with Crippen molar-refractivity contribution in [1.82, 2.24) is 14.1 Å². The lowest BCUT2D eigenvalue weighted by atomic mass is 9.92. The van der Waals surface area contributed by atoms with Crippen molar-refractivity contribution in [1.29, 1.82) is 0 Å². The van der Waals surface area contributed by atoms with Crippen molar-refractivity contribution < 1.29 is 0 Å². The summed E-state index contributed by atoms with van der Waals surface area (Å²) in [7, 11) is 0. The minimum Gasteiger partial charge on any atom is -0.309 e. The van der Waals surface area contributed by atoms with Gasteiger partial charge in [-0.3, -0.25) is 4.57 Å². The van der Waals surface area contributed by atoms with Crippen molar-refractivity contribution in [2.45, 2.75) is 53.4 Å². The number of hydrogen-bond acceptors (Lipinski definition) is 1. The first kappa shape index (κ1) is 26.3. The van der Waals surface area contributed by atoms with Gasteiger partial charge in [0.25, 0.3) is 0 Å². The van der Waals surface area contributed by atoms with Gasteiger partial charge in [0, 0.05) is 22.0 Å². The van der Waals surface area contributed by atoms with Crippen LogP contribution in [0.5, 0.6) is 0 Å². The summed E-state index contributed by atoms with van der Waals surface area (Å²) < 4.78 is 4.82. The molecule has 0 N–H and O–H groups in total. The second kappa shape index (κ2) is 10.0. The summed E-state index contributed by atoms with van der Waals surface area (Å²) in [5.41, 5.74) is 13.5. The van der Waals surface area contributed by atoms with Crippen molar-refractivity contribution in [2.24, 2.45) is 0 Å². The number of para-hydroxylation sites is 4. The van der Waals surface area contributed by atoms with E-state index in [1.165, 1.54) is 55.4 Å². The third-order valence-corrected chi connectivity index (χ3v) is 8.78. The number of aryl methyl sites for hydroxylation is 2. The number of benzene rings is 5. The highest BCUT2D eigenvalue weighted by Crippen LogP contribution is 2.40. The van der Waals surface area contributed by atoms with Crippen LogP contribution in [-0.4, -0.2) is 14.1 Å². The molecular weight excluding hydrogens is 510 g/mol. The van der Waals surface area contributed by atoms with E-state index < -0.39 is 0 Å². The molecule has 0 saturated heterocycles. The molecule has 3 nitrogen and oxygen atoms in total. The van der Waals surface area contributed by atoms with Crippen molar-refractivity contribution in [3.8, 4) is 22.8 Å². The molecule has 0 aliphatic carbocycles. The molecule has 42 heavy (non-hydrogen) atoms. The zero-order chi connectivity index (χ0) is 29.1. The summed E-state index contributed by atoms with van der Waals surface area (Å²) >= 11 is 0. The summed E-state index contributed by atoms with van der Waals surface area (Å²) in [6.07, 6.45) is 0. The Morgan fingerprint density at radius 3 is 1.90 bits per heavy atom. The van der Waals surface area contributed by atoms with Gasteiger partial charge >= 0.3 is 0 Å². The number of rotatable bonds is 5. The summed E-state index contributed by atoms with van der Waals surface area (Å²) in [5, 5.41) is 2.52. The fourth-order valence-electron chi connectivity index (χ4n) is 6.49. The van der Waals surface area contributed by atoms with E-state index in [0.717, 1.165) is 22.4 Å². The van der Waals surface area contributed by atoms with Crippen LogP contribution in [-0.2, 0) is 0 Å². The molecule has 0 unspecified atom stereocenters. The highest BCUT2D eigenvalue weighted by molar-refractivity contribution is 6.11. The van der Waals surface area contributed by atoms with Crippen molar-refractivity contribution >= 4 is 32.8 Å². The maximum absolute atomic E-state index is 5.30. The van der Waals surface area contributed by atoms with Crippen molar-refractivity contribution in [3.63, 3.8) is 0 Å². The van der Waals surface area contributed by atoms with E-state index in [2.05, 4.69) is 154 Å². The molecule has 0 amide bonds. The predicted octanol–water partition coefficient (Wildman–Crippen LogP) is 10.7. The van der Waals surface area contributed by atoms with Gasteiger partial charge in [0.15, 0.2) is 0 Å². The predicted molar refractivity (Wildman–Crippen MR) is 178 cm³/mol. The van der Waals surface area contributed by atoms with E-state index in [9.17, 15) is 0 Å². The quantitative estimate of drug-likeness (QED) is 0.210. The van der Waals surface area contributed by atoms with Gasteiger partial charge in [-0.25, -0.2) is 4.98 Å². The first-order valence-corrected chi connectivity index (χ1v) is 15.1. The first-order valence-electron chi connectivity index (χ1n) is 15.1. The Bertz CT molecular complexity index is 2080. The average Bonchev–Trinajstić information content (AvgIpc) is 3.52. The molecule has 0 aliphatic rings. The van der Waals surface area contributed by atoms with Crippen LogP contribution in [0.2, 0.25) is 0 Å². The van der Waals surface area contributed by atoms with Crippen LogP contribution in [0.25, 0.3) is 55.6 Å². The number of aromatic nitrogens is 3. The zero-order valence-corrected chi connectivity index (χ0v) is 25.3. The summed E-state index contributed by atoms with van der Waals surface area (Å²) in [6, 6.07) is 37.6. The lowest BCUT2D eigenvalue weighted by Gasteiger charge is -2.22. The Morgan fingerprint density at radius 1 is 0.548 bits per heavy atom. The van der Waals surface area contributed by atoms with Crippen molar-refractivity contribution in [3.05, 3.63) is 125 Å². The van der Waals surface area contributed by atoms with Gasteiger partial charge < -0.3 is 4.57 Å². The van der Waals surface area contributed by atoms with Gasteiger partial charge in [0.1, 0.15) is 5.82 Å².